The molecule has 2 N–H and O–H groups in total. The molecule has 3 rings (SSSR count). The largest absolute Gasteiger partial charge is 0.497 e. The highest BCUT2D eigenvalue weighted by Gasteiger charge is 2.33. The quantitative estimate of drug-likeness (QED) is 0.886. The molecule has 1 amide bonds. The number of nitrogens with one attached hydrogen (secondary N) is 1. The number of fused-ring (bicyclic) bond motifs is 1. The Bertz CT molecular complexity index is 743. The van der Waals surface area contributed by atoms with Crippen molar-refractivity contribution in [3.63, 3.8) is 0 Å². The van der Waals surface area contributed by atoms with Gasteiger partial charge in [-0.2, -0.15) is 0 Å². The van der Waals surface area contributed by atoms with Gasteiger partial charge >= 0.3 is 0 Å². The summed E-state index contributed by atoms with van der Waals surface area (Å²) in [7, 11) is 1.61. The number of aliphatic hydroxyl groups excluding tert-OH is 1. The molecule has 2 aromatic rings. The van der Waals surface area contributed by atoms with E-state index in [2.05, 4.69) is 5.32 Å². The predicted molar refractivity (Wildman–Crippen MR) is 92.1 cm³/mol. The van der Waals surface area contributed by atoms with Gasteiger partial charge in [0.25, 0.3) is 5.91 Å². The van der Waals surface area contributed by atoms with Crippen molar-refractivity contribution in [2.75, 3.05) is 12.4 Å². The van der Waals surface area contributed by atoms with Crippen LogP contribution in [0.2, 0.25) is 0 Å². The maximum Gasteiger partial charge on any atom is 0.254 e. The highest BCUT2D eigenvalue weighted by atomic mass is 32.2. The van der Waals surface area contributed by atoms with Crippen LogP contribution in [-0.2, 0) is 4.79 Å². The maximum atomic E-state index is 12.3. The van der Waals surface area contributed by atoms with Crippen LogP contribution >= 0.6 is 11.8 Å². The minimum Gasteiger partial charge on any atom is -0.497 e. The van der Waals surface area contributed by atoms with Crippen molar-refractivity contribution in [2.24, 2.45) is 0 Å². The number of carbonyl (C=O) groups is 1. The molecule has 0 aliphatic carbocycles. The van der Waals surface area contributed by atoms with Crippen molar-refractivity contribution in [2.45, 2.75) is 30.1 Å². The number of benzene rings is 2. The van der Waals surface area contributed by atoms with E-state index in [1.54, 1.807) is 7.11 Å². The number of methoxy groups -OCH3 is 1. The molecule has 0 radical (unpaired) electrons. The van der Waals surface area contributed by atoms with Crippen LogP contribution in [0.3, 0.4) is 0 Å². The van der Waals surface area contributed by atoms with Gasteiger partial charge in [0, 0.05) is 4.90 Å². The zero-order chi connectivity index (χ0) is 16.6. The fourth-order valence-corrected chi connectivity index (χ4v) is 4.16. The number of aryl methyl sites for hydroxylation is 2. The topological polar surface area (TPSA) is 58.6 Å². The normalized spacial score (nSPS) is 20.4. The molecule has 23 heavy (non-hydrogen) atoms. The fraction of sp³-hybridized carbons (Fsp3) is 0.278. The average molecular weight is 329 g/mol. The smallest absolute Gasteiger partial charge is 0.254 e. The molecule has 5 heteroatoms. The molecule has 0 saturated heterocycles. The number of amides is 1. The molecule has 0 fully saturated rings. The molecular formula is C18H19NO3S. The van der Waals surface area contributed by atoms with E-state index in [-0.39, 0.29) is 11.2 Å². The Labute approximate surface area is 139 Å². The molecule has 0 spiro atoms. The number of thioether (sulfide) groups is 1. The van der Waals surface area contributed by atoms with E-state index in [9.17, 15) is 9.90 Å². The molecule has 1 aliphatic heterocycles. The summed E-state index contributed by atoms with van der Waals surface area (Å²) < 4.78 is 5.17. The fourth-order valence-electron chi connectivity index (χ4n) is 2.76. The summed E-state index contributed by atoms with van der Waals surface area (Å²) in [6, 6.07) is 11.5. The molecule has 0 aromatic heterocycles. The zero-order valence-electron chi connectivity index (χ0n) is 13.3. The third kappa shape index (κ3) is 3.07. The lowest BCUT2D eigenvalue weighted by molar-refractivity contribution is -0.124. The minimum atomic E-state index is -1.11. The molecule has 2 aromatic carbocycles. The first-order valence-corrected chi connectivity index (χ1v) is 8.28. The van der Waals surface area contributed by atoms with Gasteiger partial charge in [-0.15, -0.1) is 11.8 Å². The Hall–Kier alpha value is -1.98. The van der Waals surface area contributed by atoms with Crippen molar-refractivity contribution in [3.05, 3.63) is 53.1 Å². The number of carbonyl (C=O) groups excluding carboxylic acids is 1. The molecule has 1 aliphatic rings. The van der Waals surface area contributed by atoms with Crippen molar-refractivity contribution < 1.29 is 14.6 Å². The third-order valence-corrected chi connectivity index (χ3v) is 5.31. The van der Waals surface area contributed by atoms with Crippen LogP contribution in [0.1, 0.15) is 21.9 Å². The monoisotopic (exact) mass is 329 g/mol. The predicted octanol–water partition coefficient (Wildman–Crippen LogP) is 3.46. The second-order valence-corrected chi connectivity index (χ2v) is 6.88. The van der Waals surface area contributed by atoms with Crippen LogP contribution in [0.4, 0.5) is 5.69 Å². The summed E-state index contributed by atoms with van der Waals surface area (Å²) in [5, 5.41) is 13.0. The van der Waals surface area contributed by atoms with Crippen LogP contribution in [0.15, 0.2) is 41.3 Å². The van der Waals surface area contributed by atoms with Crippen LogP contribution in [0, 0.1) is 13.8 Å². The van der Waals surface area contributed by atoms with Crippen molar-refractivity contribution in [3.8, 4) is 5.75 Å². The van der Waals surface area contributed by atoms with E-state index in [1.807, 2.05) is 50.2 Å². The van der Waals surface area contributed by atoms with Crippen LogP contribution < -0.4 is 10.1 Å². The average Bonchev–Trinajstić information content (AvgIpc) is 2.66. The molecule has 1 heterocycles. The SMILES string of the molecule is COc1ccc([C@H]2Sc3cc(C)cc(C)c3NC(=O)[C@H]2O)cc1. The third-order valence-electron chi connectivity index (χ3n) is 3.95. The Balaban J connectivity index is 2.03. The van der Waals surface area contributed by atoms with Crippen LogP contribution in [0.5, 0.6) is 5.75 Å². The summed E-state index contributed by atoms with van der Waals surface area (Å²) in [5.41, 5.74) is 3.82. The van der Waals surface area contributed by atoms with Gasteiger partial charge in [-0.25, -0.2) is 0 Å². The minimum absolute atomic E-state index is 0.358. The Morgan fingerprint density at radius 2 is 1.87 bits per heavy atom. The summed E-state index contributed by atoms with van der Waals surface area (Å²) in [6.45, 7) is 3.99. The van der Waals surface area contributed by atoms with Crippen molar-refractivity contribution in [1.82, 2.24) is 0 Å². The highest BCUT2D eigenvalue weighted by Crippen LogP contribution is 2.45. The first kappa shape index (κ1) is 15.9. The van der Waals surface area contributed by atoms with E-state index in [0.29, 0.717) is 0 Å². The first-order valence-electron chi connectivity index (χ1n) is 7.40. The number of hydrogen-bond donors (Lipinski definition) is 2. The molecule has 0 bridgehead atoms. The first-order chi connectivity index (χ1) is 11.0. The molecular weight excluding hydrogens is 310 g/mol. The molecule has 2 atom stereocenters. The van der Waals surface area contributed by atoms with Crippen molar-refractivity contribution >= 4 is 23.4 Å². The Morgan fingerprint density at radius 1 is 1.17 bits per heavy atom. The number of anilines is 1. The Kier molecular flexibility index (Phi) is 4.33. The van der Waals surface area contributed by atoms with Crippen LogP contribution in [-0.4, -0.2) is 24.2 Å². The lowest BCUT2D eigenvalue weighted by atomic mass is 10.1. The van der Waals surface area contributed by atoms with Crippen LogP contribution in [0.25, 0.3) is 0 Å². The van der Waals surface area contributed by atoms with E-state index in [1.165, 1.54) is 11.8 Å². The zero-order valence-corrected chi connectivity index (χ0v) is 14.1. The second-order valence-electron chi connectivity index (χ2n) is 5.70. The van der Waals surface area contributed by atoms with Crippen molar-refractivity contribution in [1.29, 1.82) is 0 Å². The van der Waals surface area contributed by atoms with Gasteiger partial charge in [0.15, 0.2) is 0 Å². The lowest BCUT2D eigenvalue weighted by Gasteiger charge is -2.19. The summed E-state index contributed by atoms with van der Waals surface area (Å²) in [5.74, 6) is 0.377. The van der Waals surface area contributed by atoms with E-state index in [0.717, 1.165) is 33.0 Å². The molecule has 120 valence electrons. The number of ether oxygens (including phenoxy) is 1. The molecule has 4 nitrogen and oxygen atoms in total. The molecule has 0 unspecified atom stereocenters. The summed E-state index contributed by atoms with van der Waals surface area (Å²) in [4.78, 5) is 13.3. The highest BCUT2D eigenvalue weighted by molar-refractivity contribution is 7.99. The number of hydrogen-bond acceptors (Lipinski definition) is 4. The maximum absolute atomic E-state index is 12.3. The van der Waals surface area contributed by atoms with E-state index >= 15 is 0 Å². The van der Waals surface area contributed by atoms with Gasteiger partial charge in [-0.05, 0) is 48.7 Å². The number of rotatable bonds is 2. The Morgan fingerprint density at radius 3 is 2.52 bits per heavy atom. The van der Waals surface area contributed by atoms with Gasteiger partial charge in [0.2, 0.25) is 0 Å². The summed E-state index contributed by atoms with van der Waals surface area (Å²) in [6.07, 6.45) is -1.11. The van der Waals surface area contributed by atoms with Gasteiger partial charge < -0.3 is 15.2 Å². The summed E-state index contributed by atoms with van der Waals surface area (Å²) >= 11 is 1.51. The van der Waals surface area contributed by atoms with Gasteiger partial charge in [0.05, 0.1) is 18.0 Å². The van der Waals surface area contributed by atoms with Gasteiger partial charge in [-0.3, -0.25) is 4.79 Å². The molecule has 0 saturated carbocycles. The van der Waals surface area contributed by atoms with E-state index < -0.39 is 6.10 Å². The van der Waals surface area contributed by atoms with Gasteiger partial charge in [-0.1, -0.05) is 18.2 Å². The lowest BCUT2D eigenvalue weighted by Crippen LogP contribution is -2.30. The van der Waals surface area contributed by atoms with Gasteiger partial charge in [0.1, 0.15) is 11.9 Å². The van der Waals surface area contributed by atoms with E-state index in [4.69, 9.17) is 4.74 Å². The second kappa shape index (κ2) is 6.26. The number of aliphatic hydroxyl groups is 1. The standard InChI is InChI=1S/C18H19NO3S/c1-10-8-11(2)15-14(9-10)23-17(16(20)18(21)19-15)12-4-6-13(22-3)7-5-12/h4-9,16-17,20H,1-3H3,(H,19,21)/t16-,17+/m0/s1.